The molecule has 3 rings (SSSR count). The van der Waals surface area contributed by atoms with Gasteiger partial charge in [-0.1, -0.05) is 35.9 Å². The molecule has 5 nitrogen and oxygen atoms in total. The van der Waals surface area contributed by atoms with Crippen molar-refractivity contribution in [3.05, 3.63) is 64.2 Å². The van der Waals surface area contributed by atoms with E-state index in [4.69, 9.17) is 16.3 Å². The molecule has 0 bridgehead atoms. The Morgan fingerprint density at radius 2 is 2.00 bits per heavy atom. The molecule has 1 amide bonds. The van der Waals surface area contributed by atoms with Gasteiger partial charge >= 0.3 is 5.97 Å². The predicted octanol–water partition coefficient (Wildman–Crippen LogP) is 4.68. The van der Waals surface area contributed by atoms with E-state index >= 15 is 0 Å². The van der Waals surface area contributed by atoms with E-state index in [1.807, 2.05) is 37.3 Å². The Labute approximate surface area is 177 Å². The Bertz CT molecular complexity index is 884. The van der Waals surface area contributed by atoms with Gasteiger partial charge in [-0.3, -0.25) is 9.69 Å². The highest BCUT2D eigenvalue weighted by Crippen LogP contribution is 2.25. The van der Waals surface area contributed by atoms with Crippen molar-refractivity contribution in [1.29, 1.82) is 0 Å². The molecule has 1 saturated heterocycles. The molecule has 0 spiro atoms. The minimum Gasteiger partial charge on any atom is -0.462 e. The molecule has 0 saturated carbocycles. The summed E-state index contributed by atoms with van der Waals surface area (Å²) in [5.74, 6) is -0.487. The molecule has 1 aliphatic rings. The number of esters is 1. The molecule has 2 aromatic carbocycles. The van der Waals surface area contributed by atoms with Crippen LogP contribution in [0, 0.1) is 12.8 Å². The monoisotopic (exact) mass is 414 g/mol. The second kappa shape index (κ2) is 9.90. The van der Waals surface area contributed by atoms with Gasteiger partial charge in [0.15, 0.2) is 0 Å². The lowest BCUT2D eigenvalue weighted by Crippen LogP contribution is -2.40. The normalized spacial score (nSPS) is 17.0. The number of carbonyl (C=O) groups excluding carboxylic acids is 2. The molecule has 154 valence electrons. The van der Waals surface area contributed by atoms with Gasteiger partial charge in [-0.25, -0.2) is 4.79 Å². The Morgan fingerprint density at radius 1 is 1.21 bits per heavy atom. The minimum atomic E-state index is -0.371. The number of rotatable bonds is 6. The number of likely N-dealkylation sites (tertiary alicyclic amines) is 1. The lowest BCUT2D eigenvalue weighted by atomic mass is 9.96. The maximum Gasteiger partial charge on any atom is 0.338 e. The maximum absolute atomic E-state index is 12.9. The van der Waals surface area contributed by atoms with Crippen LogP contribution in [0.5, 0.6) is 0 Å². The van der Waals surface area contributed by atoms with E-state index in [-0.39, 0.29) is 17.8 Å². The van der Waals surface area contributed by atoms with Crippen molar-refractivity contribution >= 4 is 29.2 Å². The molecule has 0 radical (unpaired) electrons. The lowest BCUT2D eigenvalue weighted by Gasteiger charge is -2.32. The molecule has 2 aromatic rings. The fraction of sp³-hybridized carbons (Fsp3) is 0.391. The van der Waals surface area contributed by atoms with E-state index in [0.717, 1.165) is 42.1 Å². The van der Waals surface area contributed by atoms with Gasteiger partial charge in [0.25, 0.3) is 0 Å². The molecular formula is C23H27ClN2O3. The number of amides is 1. The second-order valence-corrected chi connectivity index (χ2v) is 7.76. The van der Waals surface area contributed by atoms with Gasteiger partial charge in [0, 0.05) is 23.8 Å². The molecule has 1 fully saturated rings. The van der Waals surface area contributed by atoms with Crippen molar-refractivity contribution < 1.29 is 14.3 Å². The number of halogens is 1. The van der Waals surface area contributed by atoms with Crippen LogP contribution in [-0.4, -0.2) is 36.5 Å². The first-order valence-corrected chi connectivity index (χ1v) is 10.4. The van der Waals surface area contributed by atoms with E-state index in [1.165, 1.54) is 0 Å². The highest BCUT2D eigenvalue weighted by atomic mass is 35.5. The number of nitrogens with zero attached hydrogens (tertiary/aromatic N) is 1. The Hall–Kier alpha value is -2.37. The first kappa shape index (κ1) is 21.3. The van der Waals surface area contributed by atoms with Crippen LogP contribution < -0.4 is 5.32 Å². The topological polar surface area (TPSA) is 58.6 Å². The average molecular weight is 415 g/mol. The van der Waals surface area contributed by atoms with Gasteiger partial charge in [-0.2, -0.15) is 0 Å². The summed E-state index contributed by atoms with van der Waals surface area (Å²) in [6.45, 7) is 6.29. The minimum absolute atomic E-state index is 0.0158. The molecule has 1 N–H and O–H groups in total. The summed E-state index contributed by atoms with van der Waals surface area (Å²) >= 11 is 6.29. The summed E-state index contributed by atoms with van der Waals surface area (Å²) in [5.41, 5.74) is 2.94. The zero-order valence-corrected chi connectivity index (χ0v) is 17.7. The second-order valence-electron chi connectivity index (χ2n) is 7.35. The zero-order valence-electron chi connectivity index (χ0n) is 16.9. The van der Waals surface area contributed by atoms with Crippen molar-refractivity contribution in [2.24, 2.45) is 5.92 Å². The van der Waals surface area contributed by atoms with Crippen molar-refractivity contribution in [3.8, 4) is 0 Å². The summed E-state index contributed by atoms with van der Waals surface area (Å²) in [5, 5.41) is 3.77. The van der Waals surface area contributed by atoms with E-state index in [9.17, 15) is 9.59 Å². The van der Waals surface area contributed by atoms with E-state index in [0.29, 0.717) is 24.4 Å². The molecule has 0 aliphatic carbocycles. The molecular weight excluding hydrogens is 388 g/mol. The Morgan fingerprint density at radius 3 is 2.76 bits per heavy atom. The fourth-order valence-electron chi connectivity index (χ4n) is 3.72. The van der Waals surface area contributed by atoms with Gasteiger partial charge in [0.2, 0.25) is 5.91 Å². The van der Waals surface area contributed by atoms with Crippen LogP contribution >= 0.6 is 11.6 Å². The van der Waals surface area contributed by atoms with E-state index in [2.05, 4.69) is 10.2 Å². The number of piperidine rings is 1. The molecule has 0 aromatic heterocycles. The summed E-state index contributed by atoms with van der Waals surface area (Å²) in [7, 11) is 0. The third-order valence-corrected chi connectivity index (χ3v) is 5.68. The smallest absolute Gasteiger partial charge is 0.338 e. The van der Waals surface area contributed by atoms with Crippen LogP contribution in [0.1, 0.15) is 41.3 Å². The number of nitrogens with one attached hydrogen (secondary N) is 1. The number of hydrogen-bond donors (Lipinski definition) is 1. The zero-order chi connectivity index (χ0) is 20.8. The van der Waals surface area contributed by atoms with E-state index < -0.39 is 0 Å². The van der Waals surface area contributed by atoms with E-state index in [1.54, 1.807) is 19.1 Å². The molecule has 6 heteroatoms. The van der Waals surface area contributed by atoms with Crippen LogP contribution in [0.4, 0.5) is 5.69 Å². The van der Waals surface area contributed by atoms with Crippen LogP contribution in [0.3, 0.4) is 0 Å². The predicted molar refractivity (Wildman–Crippen MR) is 115 cm³/mol. The average Bonchev–Trinajstić information content (AvgIpc) is 2.71. The van der Waals surface area contributed by atoms with Gasteiger partial charge in [-0.15, -0.1) is 0 Å². The lowest BCUT2D eigenvalue weighted by molar-refractivity contribution is -0.121. The van der Waals surface area contributed by atoms with Gasteiger partial charge < -0.3 is 10.1 Å². The highest BCUT2D eigenvalue weighted by Gasteiger charge is 2.27. The fourth-order valence-corrected chi connectivity index (χ4v) is 3.91. The number of carbonyl (C=O) groups is 2. The van der Waals surface area contributed by atoms with Crippen LogP contribution in [0.25, 0.3) is 0 Å². The van der Waals surface area contributed by atoms with Crippen LogP contribution in [0.15, 0.2) is 42.5 Å². The number of benzene rings is 2. The van der Waals surface area contributed by atoms with Crippen molar-refractivity contribution in [2.45, 2.75) is 33.2 Å². The standard InChI is InChI=1S/C23H27ClN2O3/c1-3-29-23(28)19-10-6-12-21(16(19)2)25-22(27)18-9-7-13-26(15-18)14-17-8-4-5-11-20(17)24/h4-6,8,10-12,18H,3,7,9,13-15H2,1-2H3,(H,25,27). The SMILES string of the molecule is CCOC(=O)c1cccc(NC(=O)C2CCCN(Cc3ccccc3Cl)C2)c1C. The molecule has 1 heterocycles. The van der Waals surface area contributed by atoms with Crippen molar-refractivity contribution in [2.75, 3.05) is 25.0 Å². The third-order valence-electron chi connectivity index (χ3n) is 5.32. The Kier molecular flexibility index (Phi) is 7.29. The maximum atomic E-state index is 12.9. The summed E-state index contributed by atoms with van der Waals surface area (Å²) in [6.07, 6.45) is 1.81. The van der Waals surface area contributed by atoms with Gasteiger partial charge in [-0.05, 0) is 62.6 Å². The Balaban J connectivity index is 1.65. The first-order chi connectivity index (χ1) is 14.0. The summed E-state index contributed by atoms with van der Waals surface area (Å²) in [6, 6.07) is 13.1. The van der Waals surface area contributed by atoms with Crippen molar-refractivity contribution in [3.63, 3.8) is 0 Å². The number of hydrogen-bond acceptors (Lipinski definition) is 4. The first-order valence-electron chi connectivity index (χ1n) is 10.0. The van der Waals surface area contributed by atoms with Crippen LogP contribution in [0.2, 0.25) is 5.02 Å². The van der Waals surface area contributed by atoms with Gasteiger partial charge in [0.05, 0.1) is 18.1 Å². The molecule has 1 unspecified atom stereocenters. The molecule has 29 heavy (non-hydrogen) atoms. The van der Waals surface area contributed by atoms with Crippen LogP contribution in [-0.2, 0) is 16.1 Å². The molecule has 1 aliphatic heterocycles. The van der Waals surface area contributed by atoms with Gasteiger partial charge in [0.1, 0.15) is 0 Å². The number of ether oxygens (including phenoxy) is 1. The quantitative estimate of drug-likeness (QED) is 0.697. The number of anilines is 1. The highest BCUT2D eigenvalue weighted by molar-refractivity contribution is 6.31. The third kappa shape index (κ3) is 5.37. The molecule has 1 atom stereocenters. The summed E-state index contributed by atoms with van der Waals surface area (Å²) < 4.78 is 5.10. The van der Waals surface area contributed by atoms with Crippen molar-refractivity contribution in [1.82, 2.24) is 4.90 Å². The summed E-state index contributed by atoms with van der Waals surface area (Å²) in [4.78, 5) is 27.3. The largest absolute Gasteiger partial charge is 0.462 e.